The van der Waals surface area contributed by atoms with Crippen LogP contribution in [0.5, 0.6) is 0 Å². The second-order valence-electron chi connectivity index (χ2n) is 5.88. The van der Waals surface area contributed by atoms with Crippen LogP contribution in [0.25, 0.3) is 5.69 Å². The van der Waals surface area contributed by atoms with E-state index in [-0.39, 0.29) is 0 Å². The van der Waals surface area contributed by atoms with Crippen molar-refractivity contribution in [2.75, 3.05) is 0 Å². The summed E-state index contributed by atoms with van der Waals surface area (Å²) in [5, 5.41) is 21.1. The SMILES string of the molecule is N#Cc1ccccc1CSc1nnc(Cc2cccs2)n1-c1ccccc1. The summed E-state index contributed by atoms with van der Waals surface area (Å²) in [6.45, 7) is 0. The van der Waals surface area contributed by atoms with E-state index in [9.17, 15) is 5.26 Å². The van der Waals surface area contributed by atoms with Crippen LogP contribution < -0.4 is 0 Å². The van der Waals surface area contributed by atoms with Gasteiger partial charge < -0.3 is 0 Å². The average Bonchev–Trinajstić information content (AvgIpc) is 3.37. The van der Waals surface area contributed by atoms with Crippen LogP contribution in [0.15, 0.2) is 77.3 Å². The van der Waals surface area contributed by atoms with Crippen molar-refractivity contribution in [2.45, 2.75) is 17.3 Å². The maximum absolute atomic E-state index is 9.30. The number of hydrogen-bond donors (Lipinski definition) is 0. The van der Waals surface area contributed by atoms with E-state index in [1.54, 1.807) is 23.1 Å². The Labute approximate surface area is 166 Å². The predicted octanol–water partition coefficient (Wildman–Crippen LogP) is 5.08. The third-order valence-corrected chi connectivity index (χ3v) is 5.98. The Bertz CT molecular complexity index is 1060. The van der Waals surface area contributed by atoms with E-state index in [1.807, 2.05) is 42.5 Å². The van der Waals surface area contributed by atoms with Gasteiger partial charge in [-0.1, -0.05) is 54.2 Å². The van der Waals surface area contributed by atoms with Crippen LogP contribution in [-0.2, 0) is 12.2 Å². The Kier molecular flexibility index (Phi) is 5.33. The number of hydrogen-bond acceptors (Lipinski definition) is 5. The molecule has 0 amide bonds. The van der Waals surface area contributed by atoms with Gasteiger partial charge in [0.15, 0.2) is 5.16 Å². The molecule has 2 aromatic heterocycles. The summed E-state index contributed by atoms with van der Waals surface area (Å²) < 4.78 is 2.11. The summed E-state index contributed by atoms with van der Waals surface area (Å²) in [6, 6.07) is 24.3. The van der Waals surface area contributed by atoms with Crippen LogP contribution in [0.4, 0.5) is 0 Å². The summed E-state index contributed by atoms with van der Waals surface area (Å²) in [5.74, 6) is 1.59. The van der Waals surface area contributed by atoms with Crippen molar-refractivity contribution in [3.63, 3.8) is 0 Å². The van der Waals surface area contributed by atoms with Gasteiger partial charge in [-0.15, -0.1) is 21.5 Å². The molecule has 0 radical (unpaired) electrons. The normalized spacial score (nSPS) is 10.6. The number of rotatable bonds is 6. The van der Waals surface area contributed by atoms with Crippen molar-refractivity contribution in [3.8, 4) is 11.8 Å². The summed E-state index contributed by atoms with van der Waals surface area (Å²) in [7, 11) is 0. The standard InChI is InChI=1S/C21H16N4S2/c22-14-16-7-4-5-8-17(16)15-27-21-24-23-20(13-19-11-6-12-26-19)25(21)18-9-2-1-3-10-18/h1-12H,13,15H2. The number of nitrogens with zero attached hydrogens (tertiary/aromatic N) is 4. The number of thiophene rings is 1. The summed E-state index contributed by atoms with van der Waals surface area (Å²) >= 11 is 3.32. The zero-order valence-electron chi connectivity index (χ0n) is 14.4. The van der Waals surface area contributed by atoms with Crippen molar-refractivity contribution in [2.24, 2.45) is 0 Å². The van der Waals surface area contributed by atoms with E-state index in [1.165, 1.54) is 4.88 Å². The van der Waals surface area contributed by atoms with Gasteiger partial charge in [0, 0.05) is 22.7 Å². The zero-order chi connectivity index (χ0) is 18.5. The van der Waals surface area contributed by atoms with E-state index in [0.29, 0.717) is 11.3 Å². The lowest BCUT2D eigenvalue weighted by Crippen LogP contribution is -2.03. The first-order valence-electron chi connectivity index (χ1n) is 8.48. The molecule has 4 aromatic rings. The fourth-order valence-corrected chi connectivity index (χ4v) is 4.49. The smallest absolute Gasteiger partial charge is 0.196 e. The third-order valence-electron chi connectivity index (χ3n) is 4.12. The van der Waals surface area contributed by atoms with Crippen molar-refractivity contribution in [1.29, 1.82) is 5.26 Å². The number of aromatic nitrogens is 3. The lowest BCUT2D eigenvalue weighted by molar-refractivity contribution is 0.851. The monoisotopic (exact) mass is 388 g/mol. The number of thioether (sulfide) groups is 1. The number of para-hydroxylation sites is 1. The van der Waals surface area contributed by atoms with Gasteiger partial charge in [-0.2, -0.15) is 5.26 Å². The lowest BCUT2D eigenvalue weighted by atomic mass is 10.1. The van der Waals surface area contributed by atoms with Gasteiger partial charge >= 0.3 is 0 Å². The Balaban J connectivity index is 1.66. The summed E-state index contributed by atoms with van der Waals surface area (Å²) in [6.07, 6.45) is 0.745. The van der Waals surface area contributed by atoms with Crippen LogP contribution >= 0.6 is 23.1 Å². The highest BCUT2D eigenvalue weighted by Gasteiger charge is 2.16. The largest absolute Gasteiger partial charge is 0.274 e. The minimum atomic E-state index is 0.674. The molecule has 6 heteroatoms. The zero-order valence-corrected chi connectivity index (χ0v) is 16.1. The molecular weight excluding hydrogens is 372 g/mol. The average molecular weight is 389 g/mol. The molecule has 0 aliphatic carbocycles. The Morgan fingerprint density at radius 3 is 2.56 bits per heavy atom. The first-order chi connectivity index (χ1) is 13.3. The molecule has 0 atom stereocenters. The Morgan fingerprint density at radius 2 is 1.78 bits per heavy atom. The molecular formula is C21H16N4S2. The van der Waals surface area contributed by atoms with E-state index in [2.05, 4.69) is 50.5 Å². The van der Waals surface area contributed by atoms with Gasteiger partial charge in [0.1, 0.15) is 5.82 Å². The highest BCUT2D eigenvalue weighted by molar-refractivity contribution is 7.98. The highest BCUT2D eigenvalue weighted by atomic mass is 32.2. The Hall–Kier alpha value is -2.88. The van der Waals surface area contributed by atoms with Gasteiger partial charge in [-0.05, 0) is 35.2 Å². The second kappa shape index (κ2) is 8.21. The van der Waals surface area contributed by atoms with Gasteiger partial charge in [0.05, 0.1) is 11.6 Å². The first kappa shape index (κ1) is 17.5. The van der Waals surface area contributed by atoms with Crippen LogP contribution in [-0.4, -0.2) is 14.8 Å². The molecule has 2 aromatic carbocycles. The van der Waals surface area contributed by atoms with E-state index in [0.717, 1.165) is 28.7 Å². The topological polar surface area (TPSA) is 54.5 Å². The van der Waals surface area contributed by atoms with Gasteiger partial charge in [0.25, 0.3) is 0 Å². The minimum absolute atomic E-state index is 0.674. The fourth-order valence-electron chi connectivity index (χ4n) is 2.81. The van der Waals surface area contributed by atoms with Crippen LogP contribution in [0.2, 0.25) is 0 Å². The van der Waals surface area contributed by atoms with Crippen LogP contribution in [0.1, 0.15) is 21.8 Å². The van der Waals surface area contributed by atoms with Crippen molar-refractivity contribution in [3.05, 3.63) is 93.9 Å². The molecule has 0 aliphatic rings. The molecule has 4 rings (SSSR count). The molecule has 0 N–H and O–H groups in total. The molecule has 2 heterocycles. The molecule has 4 nitrogen and oxygen atoms in total. The van der Waals surface area contributed by atoms with E-state index < -0.39 is 0 Å². The van der Waals surface area contributed by atoms with Gasteiger partial charge in [-0.25, -0.2) is 0 Å². The molecule has 0 spiro atoms. The van der Waals surface area contributed by atoms with Crippen molar-refractivity contribution >= 4 is 23.1 Å². The number of benzene rings is 2. The first-order valence-corrected chi connectivity index (χ1v) is 10.3. The molecule has 0 unspecified atom stereocenters. The quantitative estimate of drug-likeness (QED) is 0.432. The lowest BCUT2D eigenvalue weighted by Gasteiger charge is -2.10. The molecule has 132 valence electrons. The van der Waals surface area contributed by atoms with Crippen LogP contribution in [0, 0.1) is 11.3 Å². The highest BCUT2D eigenvalue weighted by Crippen LogP contribution is 2.27. The number of nitriles is 1. The van der Waals surface area contributed by atoms with Gasteiger partial charge in [0.2, 0.25) is 0 Å². The fraction of sp³-hybridized carbons (Fsp3) is 0.0952. The molecule has 0 aliphatic heterocycles. The molecule has 0 saturated carbocycles. The molecule has 27 heavy (non-hydrogen) atoms. The van der Waals surface area contributed by atoms with Crippen molar-refractivity contribution in [1.82, 2.24) is 14.8 Å². The van der Waals surface area contributed by atoms with Gasteiger partial charge in [-0.3, -0.25) is 4.57 Å². The predicted molar refractivity (Wildman–Crippen MR) is 109 cm³/mol. The summed E-state index contributed by atoms with van der Waals surface area (Å²) in [4.78, 5) is 1.26. The maximum Gasteiger partial charge on any atom is 0.196 e. The third kappa shape index (κ3) is 3.95. The molecule has 0 fully saturated rings. The summed E-state index contributed by atoms with van der Waals surface area (Å²) in [5.41, 5.74) is 2.76. The van der Waals surface area contributed by atoms with E-state index in [4.69, 9.17) is 0 Å². The van der Waals surface area contributed by atoms with Crippen LogP contribution in [0.3, 0.4) is 0 Å². The Morgan fingerprint density at radius 1 is 0.963 bits per heavy atom. The van der Waals surface area contributed by atoms with Crippen molar-refractivity contribution < 1.29 is 0 Å². The second-order valence-corrected chi connectivity index (χ2v) is 7.86. The molecule has 0 saturated heterocycles. The minimum Gasteiger partial charge on any atom is -0.274 e. The maximum atomic E-state index is 9.30. The molecule has 0 bridgehead atoms. The van der Waals surface area contributed by atoms with E-state index >= 15 is 0 Å².